The van der Waals surface area contributed by atoms with Gasteiger partial charge in [-0.25, -0.2) is 4.98 Å². The number of para-hydroxylation sites is 2. The van der Waals surface area contributed by atoms with Gasteiger partial charge in [0.2, 0.25) is 5.95 Å². The number of fused-ring (bicyclic) bond motifs is 1. The number of nitrogens with zero attached hydrogens (tertiary/aromatic N) is 3. The van der Waals surface area contributed by atoms with E-state index in [0.29, 0.717) is 38.8 Å². The van der Waals surface area contributed by atoms with E-state index in [1.54, 1.807) is 12.1 Å². The molecule has 174 valence electrons. The SMILES string of the molecule is CN(C)c1nc(NC2CCC(CNC(=S)Nc3c(Cl)cccc3Cl)CC2)nc2ccccc12. The molecule has 1 saturated carbocycles. The number of benzene rings is 2. The van der Waals surface area contributed by atoms with Crippen LogP contribution in [-0.4, -0.2) is 41.8 Å². The zero-order valence-electron chi connectivity index (χ0n) is 18.7. The lowest BCUT2D eigenvalue weighted by atomic mass is 9.86. The molecule has 0 unspecified atom stereocenters. The predicted octanol–water partition coefficient (Wildman–Crippen LogP) is 5.96. The number of hydrogen-bond donors (Lipinski definition) is 3. The fourth-order valence-electron chi connectivity index (χ4n) is 4.17. The van der Waals surface area contributed by atoms with Crippen LogP contribution in [0.1, 0.15) is 25.7 Å². The molecule has 0 bridgehead atoms. The van der Waals surface area contributed by atoms with Crippen LogP contribution >= 0.6 is 35.4 Å². The van der Waals surface area contributed by atoms with E-state index < -0.39 is 0 Å². The number of aromatic nitrogens is 2. The molecule has 0 atom stereocenters. The molecular weight excluding hydrogens is 475 g/mol. The van der Waals surface area contributed by atoms with E-state index in [1.165, 1.54) is 0 Å². The highest BCUT2D eigenvalue weighted by atomic mass is 35.5. The van der Waals surface area contributed by atoms with Gasteiger partial charge in [-0.1, -0.05) is 41.4 Å². The third-order valence-corrected chi connectivity index (χ3v) is 6.82. The van der Waals surface area contributed by atoms with Gasteiger partial charge < -0.3 is 20.9 Å². The average molecular weight is 504 g/mol. The molecule has 1 aromatic heterocycles. The van der Waals surface area contributed by atoms with Crippen LogP contribution in [0.3, 0.4) is 0 Å². The molecule has 6 nitrogen and oxygen atoms in total. The van der Waals surface area contributed by atoms with E-state index in [9.17, 15) is 0 Å². The Bertz CT molecular complexity index is 1110. The van der Waals surface area contributed by atoms with Crippen molar-refractivity contribution in [3.8, 4) is 0 Å². The van der Waals surface area contributed by atoms with Crippen molar-refractivity contribution in [3.63, 3.8) is 0 Å². The maximum Gasteiger partial charge on any atom is 0.225 e. The summed E-state index contributed by atoms with van der Waals surface area (Å²) in [5, 5.41) is 12.7. The van der Waals surface area contributed by atoms with Gasteiger partial charge in [0.05, 0.1) is 21.2 Å². The number of hydrogen-bond acceptors (Lipinski definition) is 5. The minimum absolute atomic E-state index is 0.365. The summed E-state index contributed by atoms with van der Waals surface area (Å²) in [6, 6.07) is 13.9. The number of nitrogens with one attached hydrogen (secondary N) is 3. The monoisotopic (exact) mass is 502 g/mol. The molecule has 0 radical (unpaired) electrons. The number of anilines is 3. The Hall–Kier alpha value is -2.35. The smallest absolute Gasteiger partial charge is 0.225 e. The molecular formula is C24H28Cl2N6S. The first-order valence-electron chi connectivity index (χ1n) is 11.1. The van der Waals surface area contributed by atoms with Gasteiger partial charge in [0.25, 0.3) is 0 Å². The van der Waals surface area contributed by atoms with Crippen LogP contribution in [0.4, 0.5) is 17.5 Å². The van der Waals surface area contributed by atoms with Crippen molar-refractivity contribution in [2.24, 2.45) is 5.92 Å². The van der Waals surface area contributed by atoms with E-state index in [1.807, 2.05) is 43.3 Å². The fraction of sp³-hybridized carbons (Fsp3) is 0.375. The maximum atomic E-state index is 6.21. The molecule has 0 amide bonds. The quantitative estimate of drug-likeness (QED) is 0.359. The summed E-state index contributed by atoms with van der Waals surface area (Å²) in [6.45, 7) is 0.817. The lowest BCUT2D eigenvalue weighted by Crippen LogP contribution is -2.36. The minimum atomic E-state index is 0.365. The van der Waals surface area contributed by atoms with Crippen molar-refractivity contribution in [3.05, 3.63) is 52.5 Å². The molecule has 2 aromatic carbocycles. The van der Waals surface area contributed by atoms with Crippen LogP contribution in [0.15, 0.2) is 42.5 Å². The Balaban J connectivity index is 1.28. The van der Waals surface area contributed by atoms with Gasteiger partial charge in [-0.3, -0.25) is 0 Å². The van der Waals surface area contributed by atoms with Gasteiger partial charge in [-0.05, 0) is 68.1 Å². The van der Waals surface area contributed by atoms with Gasteiger partial charge in [-0.15, -0.1) is 0 Å². The second-order valence-electron chi connectivity index (χ2n) is 8.58. The van der Waals surface area contributed by atoms with Gasteiger partial charge in [0.1, 0.15) is 5.82 Å². The summed E-state index contributed by atoms with van der Waals surface area (Å²) in [5.41, 5.74) is 1.59. The highest BCUT2D eigenvalue weighted by Gasteiger charge is 2.22. The van der Waals surface area contributed by atoms with Crippen LogP contribution in [0, 0.1) is 5.92 Å². The zero-order chi connectivity index (χ0) is 23.4. The number of halogens is 2. The zero-order valence-corrected chi connectivity index (χ0v) is 21.1. The van der Waals surface area contributed by atoms with Crippen molar-refractivity contribution >= 4 is 68.9 Å². The molecule has 4 rings (SSSR count). The number of thiocarbonyl (C=S) groups is 1. The molecule has 9 heteroatoms. The average Bonchev–Trinajstić information content (AvgIpc) is 2.80. The summed E-state index contributed by atoms with van der Waals surface area (Å²) in [7, 11) is 4.02. The van der Waals surface area contributed by atoms with Crippen molar-refractivity contribution < 1.29 is 0 Å². The lowest BCUT2D eigenvalue weighted by Gasteiger charge is -2.30. The molecule has 1 aliphatic carbocycles. The van der Waals surface area contributed by atoms with E-state index >= 15 is 0 Å². The van der Waals surface area contributed by atoms with Gasteiger partial charge in [0, 0.05) is 32.1 Å². The third kappa shape index (κ3) is 5.96. The molecule has 0 aliphatic heterocycles. The summed E-state index contributed by atoms with van der Waals surface area (Å²) < 4.78 is 0. The Morgan fingerprint density at radius 3 is 2.39 bits per heavy atom. The van der Waals surface area contributed by atoms with Gasteiger partial charge in [-0.2, -0.15) is 4.98 Å². The predicted molar refractivity (Wildman–Crippen MR) is 144 cm³/mol. The Labute approximate surface area is 210 Å². The van der Waals surface area contributed by atoms with E-state index in [2.05, 4.69) is 22.0 Å². The van der Waals surface area contributed by atoms with Gasteiger partial charge in [0.15, 0.2) is 5.11 Å². The van der Waals surface area contributed by atoms with Crippen LogP contribution in [0.5, 0.6) is 0 Å². The first-order chi connectivity index (χ1) is 15.9. The van der Waals surface area contributed by atoms with Crippen molar-refractivity contribution in [2.75, 3.05) is 36.2 Å². The van der Waals surface area contributed by atoms with Crippen molar-refractivity contribution in [1.29, 1.82) is 0 Å². The van der Waals surface area contributed by atoms with Crippen LogP contribution in [-0.2, 0) is 0 Å². The second kappa shape index (κ2) is 10.7. The van der Waals surface area contributed by atoms with E-state index in [4.69, 9.17) is 45.4 Å². The van der Waals surface area contributed by atoms with Crippen molar-refractivity contribution in [2.45, 2.75) is 31.7 Å². The molecule has 1 aliphatic rings. The Kier molecular flexibility index (Phi) is 7.73. The standard InChI is InChI=1S/C24H28Cl2N6S/c1-32(2)22-17-6-3-4-9-20(17)29-23(31-22)28-16-12-10-15(11-13-16)14-27-24(33)30-21-18(25)7-5-8-19(21)26/h3-9,15-16H,10-14H2,1-2H3,(H2,27,30,33)(H,28,29,31). The second-order valence-corrected chi connectivity index (χ2v) is 9.80. The summed E-state index contributed by atoms with van der Waals surface area (Å²) in [6.07, 6.45) is 4.34. The minimum Gasteiger partial charge on any atom is -0.362 e. The van der Waals surface area contributed by atoms with E-state index in [0.717, 1.165) is 48.9 Å². The largest absolute Gasteiger partial charge is 0.362 e. The van der Waals surface area contributed by atoms with Crippen molar-refractivity contribution in [1.82, 2.24) is 15.3 Å². The molecule has 0 saturated heterocycles. The van der Waals surface area contributed by atoms with Gasteiger partial charge >= 0.3 is 0 Å². The topological polar surface area (TPSA) is 65.1 Å². The summed E-state index contributed by atoms with van der Waals surface area (Å²) in [5.74, 6) is 2.18. The van der Waals surface area contributed by atoms with Crippen LogP contribution in [0.25, 0.3) is 10.9 Å². The lowest BCUT2D eigenvalue weighted by molar-refractivity contribution is 0.336. The molecule has 3 N–H and O–H groups in total. The maximum absolute atomic E-state index is 6.21. The van der Waals surface area contributed by atoms with E-state index in [-0.39, 0.29) is 0 Å². The van der Waals surface area contributed by atoms with Crippen LogP contribution in [0.2, 0.25) is 10.0 Å². The number of rotatable bonds is 6. The molecule has 3 aromatic rings. The third-order valence-electron chi connectivity index (χ3n) is 5.94. The first kappa shape index (κ1) is 23.8. The van der Waals surface area contributed by atoms with Crippen LogP contribution < -0.4 is 20.9 Å². The fourth-order valence-corrected chi connectivity index (χ4v) is 4.85. The molecule has 0 spiro atoms. The first-order valence-corrected chi connectivity index (χ1v) is 12.3. The Morgan fingerprint density at radius 1 is 1.00 bits per heavy atom. The summed E-state index contributed by atoms with van der Waals surface area (Å²) in [4.78, 5) is 11.5. The highest BCUT2D eigenvalue weighted by Crippen LogP contribution is 2.30. The normalized spacial score (nSPS) is 18.1. The molecule has 1 heterocycles. The molecule has 1 fully saturated rings. The summed E-state index contributed by atoms with van der Waals surface area (Å²) >= 11 is 17.9. The molecule has 33 heavy (non-hydrogen) atoms. The Morgan fingerprint density at radius 2 is 1.70 bits per heavy atom. The highest BCUT2D eigenvalue weighted by molar-refractivity contribution is 7.80.